The van der Waals surface area contributed by atoms with Crippen LogP contribution in [0.4, 0.5) is 0 Å². The minimum Gasteiger partial charge on any atom is -0.356 e. The number of nitrogens with one attached hydrogen (secondary N) is 2. The van der Waals surface area contributed by atoms with Crippen LogP contribution in [0.1, 0.15) is 37.8 Å². The summed E-state index contributed by atoms with van der Waals surface area (Å²) in [5.41, 5.74) is 2.66. The van der Waals surface area contributed by atoms with E-state index in [4.69, 9.17) is 0 Å². The van der Waals surface area contributed by atoms with E-state index in [2.05, 4.69) is 73.8 Å². The van der Waals surface area contributed by atoms with Gasteiger partial charge >= 0.3 is 0 Å². The first kappa shape index (κ1) is 21.6. The van der Waals surface area contributed by atoms with Crippen molar-refractivity contribution in [3.8, 4) is 0 Å². The SMILES string of the molecule is CN=C(NCC(C)c1ccc(C)cc1)NCC(C)(C)SC.I. The number of rotatable bonds is 6. The summed E-state index contributed by atoms with van der Waals surface area (Å²) in [7, 11) is 1.82. The summed E-state index contributed by atoms with van der Waals surface area (Å²) >= 11 is 1.86. The second-order valence-corrected chi connectivity index (χ2v) is 7.60. The number of halogens is 1. The Kier molecular flexibility index (Phi) is 10.2. The zero-order valence-electron chi connectivity index (χ0n) is 14.6. The van der Waals surface area contributed by atoms with Crippen molar-refractivity contribution in [3.05, 3.63) is 35.4 Å². The molecule has 5 heteroatoms. The van der Waals surface area contributed by atoms with Crippen molar-refractivity contribution in [2.45, 2.75) is 38.4 Å². The van der Waals surface area contributed by atoms with Crippen LogP contribution in [0, 0.1) is 6.92 Å². The summed E-state index contributed by atoms with van der Waals surface area (Å²) in [6.07, 6.45) is 2.14. The van der Waals surface area contributed by atoms with Gasteiger partial charge in [0, 0.05) is 24.9 Å². The van der Waals surface area contributed by atoms with Gasteiger partial charge in [0.05, 0.1) is 0 Å². The summed E-state index contributed by atoms with van der Waals surface area (Å²) in [5.74, 6) is 1.33. The van der Waals surface area contributed by atoms with E-state index >= 15 is 0 Å². The fraction of sp³-hybridized carbons (Fsp3) is 0.588. The van der Waals surface area contributed by atoms with Crippen molar-refractivity contribution in [1.82, 2.24) is 10.6 Å². The smallest absolute Gasteiger partial charge is 0.191 e. The molecule has 3 nitrogen and oxygen atoms in total. The maximum absolute atomic E-state index is 4.29. The maximum Gasteiger partial charge on any atom is 0.191 e. The average Bonchev–Trinajstić information content (AvgIpc) is 2.48. The van der Waals surface area contributed by atoms with E-state index in [1.165, 1.54) is 11.1 Å². The first-order valence-corrected chi connectivity index (χ1v) is 8.66. The van der Waals surface area contributed by atoms with Crippen LogP contribution in [0.2, 0.25) is 0 Å². The van der Waals surface area contributed by atoms with Crippen LogP contribution >= 0.6 is 35.7 Å². The molecule has 0 saturated heterocycles. The molecule has 0 saturated carbocycles. The molecule has 0 fully saturated rings. The molecule has 1 unspecified atom stereocenters. The highest BCUT2D eigenvalue weighted by Gasteiger charge is 2.16. The molecule has 1 rings (SSSR count). The standard InChI is InChI=1S/C17H29N3S.HI/c1-13-7-9-15(10-8-13)14(2)11-19-16(18-5)20-12-17(3,4)21-6;/h7-10,14H,11-12H2,1-6H3,(H2,18,19,20);1H. The number of aryl methyl sites for hydroxylation is 1. The van der Waals surface area contributed by atoms with Gasteiger partial charge in [-0.15, -0.1) is 24.0 Å². The van der Waals surface area contributed by atoms with Gasteiger partial charge in [0.25, 0.3) is 0 Å². The molecule has 22 heavy (non-hydrogen) atoms. The average molecular weight is 435 g/mol. The zero-order valence-corrected chi connectivity index (χ0v) is 17.7. The van der Waals surface area contributed by atoms with E-state index in [-0.39, 0.29) is 28.7 Å². The van der Waals surface area contributed by atoms with E-state index in [9.17, 15) is 0 Å². The van der Waals surface area contributed by atoms with Crippen LogP contribution in [0.5, 0.6) is 0 Å². The van der Waals surface area contributed by atoms with E-state index in [0.717, 1.165) is 19.0 Å². The Hall–Kier alpha value is -0.430. The molecule has 1 aromatic rings. The van der Waals surface area contributed by atoms with Crippen LogP contribution in [-0.4, -0.2) is 37.1 Å². The number of benzene rings is 1. The number of hydrogen-bond donors (Lipinski definition) is 2. The molecular formula is C17H30IN3S. The largest absolute Gasteiger partial charge is 0.356 e. The Balaban J connectivity index is 0.00000441. The van der Waals surface area contributed by atoms with Gasteiger partial charge in [-0.05, 0) is 38.5 Å². The molecule has 0 bridgehead atoms. The fourth-order valence-corrected chi connectivity index (χ4v) is 2.07. The summed E-state index contributed by atoms with van der Waals surface area (Å²) in [6.45, 7) is 10.6. The molecule has 0 spiro atoms. The quantitative estimate of drug-likeness (QED) is 0.403. The lowest BCUT2D eigenvalue weighted by Crippen LogP contribution is -2.44. The summed E-state index contributed by atoms with van der Waals surface area (Å²) in [5, 5.41) is 6.80. The number of thioether (sulfide) groups is 1. The van der Waals surface area contributed by atoms with Crippen molar-refractivity contribution in [2.24, 2.45) is 4.99 Å². The molecule has 126 valence electrons. The highest BCUT2D eigenvalue weighted by molar-refractivity contribution is 14.0. The molecule has 0 aromatic heterocycles. The van der Waals surface area contributed by atoms with Gasteiger partial charge in [0.15, 0.2) is 5.96 Å². The Bertz CT molecular complexity index is 457. The number of nitrogens with zero attached hydrogens (tertiary/aromatic N) is 1. The molecule has 0 heterocycles. The maximum atomic E-state index is 4.29. The predicted molar refractivity (Wildman–Crippen MR) is 112 cm³/mol. The highest BCUT2D eigenvalue weighted by atomic mass is 127. The summed E-state index contributed by atoms with van der Waals surface area (Å²) in [6, 6.07) is 8.74. The van der Waals surface area contributed by atoms with Crippen LogP contribution in [-0.2, 0) is 0 Å². The lowest BCUT2D eigenvalue weighted by molar-refractivity contribution is 0.650. The minimum absolute atomic E-state index is 0. The monoisotopic (exact) mass is 435 g/mol. The van der Waals surface area contributed by atoms with Crippen LogP contribution in [0.3, 0.4) is 0 Å². The first-order valence-electron chi connectivity index (χ1n) is 7.44. The first-order chi connectivity index (χ1) is 9.88. The molecule has 0 amide bonds. The molecule has 1 atom stereocenters. The number of hydrogen-bond acceptors (Lipinski definition) is 2. The molecule has 2 N–H and O–H groups in total. The summed E-state index contributed by atoms with van der Waals surface area (Å²) < 4.78 is 0.209. The zero-order chi connectivity index (χ0) is 15.9. The Morgan fingerprint density at radius 1 is 1.23 bits per heavy atom. The molecule has 1 aromatic carbocycles. The molecule has 0 aliphatic rings. The molecule has 0 aliphatic carbocycles. The van der Waals surface area contributed by atoms with Gasteiger partial charge in [0.1, 0.15) is 0 Å². The second kappa shape index (κ2) is 10.4. The van der Waals surface area contributed by atoms with Gasteiger partial charge < -0.3 is 10.6 Å². The van der Waals surface area contributed by atoms with Crippen molar-refractivity contribution >= 4 is 41.7 Å². The normalized spacial score (nSPS) is 13.3. The fourth-order valence-electron chi connectivity index (χ4n) is 1.85. The van der Waals surface area contributed by atoms with Crippen LogP contribution in [0.25, 0.3) is 0 Å². The van der Waals surface area contributed by atoms with Gasteiger partial charge in [-0.1, -0.05) is 36.8 Å². The third-order valence-corrected chi connectivity index (χ3v) is 4.93. The minimum atomic E-state index is 0. The van der Waals surface area contributed by atoms with Gasteiger partial charge in [-0.3, -0.25) is 4.99 Å². The molecule has 0 radical (unpaired) electrons. The third-order valence-electron chi connectivity index (χ3n) is 3.68. The van der Waals surface area contributed by atoms with Gasteiger partial charge in [-0.25, -0.2) is 0 Å². The van der Waals surface area contributed by atoms with Crippen molar-refractivity contribution in [2.75, 3.05) is 26.4 Å². The molecule has 0 aliphatic heterocycles. The van der Waals surface area contributed by atoms with Gasteiger partial charge in [0.2, 0.25) is 0 Å². The topological polar surface area (TPSA) is 36.4 Å². The van der Waals surface area contributed by atoms with Crippen molar-refractivity contribution in [3.63, 3.8) is 0 Å². The van der Waals surface area contributed by atoms with E-state index in [1.807, 2.05) is 18.8 Å². The van der Waals surface area contributed by atoms with Crippen LogP contribution < -0.4 is 10.6 Å². The molecular weight excluding hydrogens is 405 g/mol. The lowest BCUT2D eigenvalue weighted by atomic mass is 10.0. The van der Waals surface area contributed by atoms with Gasteiger partial charge in [-0.2, -0.15) is 11.8 Å². The second-order valence-electron chi connectivity index (χ2n) is 6.08. The Morgan fingerprint density at radius 2 is 1.82 bits per heavy atom. The van der Waals surface area contributed by atoms with E-state index in [0.29, 0.717) is 5.92 Å². The number of guanidine groups is 1. The van der Waals surface area contributed by atoms with E-state index in [1.54, 1.807) is 0 Å². The lowest BCUT2D eigenvalue weighted by Gasteiger charge is -2.24. The van der Waals surface area contributed by atoms with Crippen molar-refractivity contribution < 1.29 is 0 Å². The van der Waals surface area contributed by atoms with Crippen molar-refractivity contribution in [1.29, 1.82) is 0 Å². The van der Waals surface area contributed by atoms with E-state index < -0.39 is 0 Å². The summed E-state index contributed by atoms with van der Waals surface area (Å²) in [4.78, 5) is 4.29. The third kappa shape index (κ3) is 7.72. The highest BCUT2D eigenvalue weighted by Crippen LogP contribution is 2.19. The Morgan fingerprint density at radius 3 is 2.32 bits per heavy atom. The predicted octanol–water partition coefficient (Wildman–Crippen LogP) is 4.02. The van der Waals surface area contributed by atoms with Crippen LogP contribution in [0.15, 0.2) is 29.3 Å². The Labute approximate surface area is 157 Å². The number of aliphatic imine (C=N–C) groups is 1.